The number of hydrogen-bond donors (Lipinski definition) is 1. The number of anilines is 1. The first-order valence-corrected chi connectivity index (χ1v) is 11.7. The molecule has 0 saturated heterocycles. The van der Waals surface area contributed by atoms with Crippen molar-refractivity contribution in [1.29, 1.82) is 0 Å². The number of aromatic nitrogens is 3. The summed E-state index contributed by atoms with van der Waals surface area (Å²) < 4.78 is 90.2. The molecule has 2 N–H and O–H groups in total. The highest BCUT2D eigenvalue weighted by Crippen LogP contribution is 2.56. The molecule has 2 heterocycles. The summed E-state index contributed by atoms with van der Waals surface area (Å²) in [7, 11) is 1.35. The molecule has 1 fully saturated rings. The van der Waals surface area contributed by atoms with Crippen LogP contribution in [0, 0.1) is 6.08 Å². The lowest BCUT2D eigenvalue weighted by Gasteiger charge is -2.48. The maximum Gasteiger partial charge on any atom is 0.416 e. The molecule has 1 aliphatic heterocycles. The van der Waals surface area contributed by atoms with Gasteiger partial charge in [0.2, 0.25) is 12.2 Å². The molecule has 2 aromatic carbocycles. The number of ether oxygens (including phenoxy) is 1. The van der Waals surface area contributed by atoms with Gasteiger partial charge in [0, 0.05) is 55.1 Å². The summed E-state index contributed by atoms with van der Waals surface area (Å²) in [6, 6.07) is 7.74. The number of nitrogens with two attached hydrogens (primary N) is 1. The van der Waals surface area contributed by atoms with Crippen LogP contribution in [0.5, 0.6) is 0 Å². The van der Waals surface area contributed by atoms with E-state index in [1.165, 1.54) is 37.4 Å². The Hall–Kier alpha value is -3.94. The van der Waals surface area contributed by atoms with Crippen molar-refractivity contribution in [2.75, 3.05) is 4.90 Å². The number of amides is 1. The van der Waals surface area contributed by atoms with Crippen LogP contribution in [-0.4, -0.2) is 33.1 Å². The van der Waals surface area contributed by atoms with Crippen molar-refractivity contribution in [3.05, 3.63) is 76.1 Å². The number of alkyl halides is 5. The summed E-state index contributed by atoms with van der Waals surface area (Å²) in [5.74, 6) is -3.79. The molecular weight excluding hydrogens is 532 g/mol. The molecule has 3 aromatic rings. The summed E-state index contributed by atoms with van der Waals surface area (Å²) >= 11 is 0. The first-order chi connectivity index (χ1) is 18.3. The third kappa shape index (κ3) is 4.41. The molecule has 0 radical (unpaired) electrons. The molecule has 0 bridgehead atoms. The Bertz CT molecular complexity index is 1460. The lowest BCUT2D eigenvalue weighted by molar-refractivity contribution is -0.142. The molecule has 1 atom stereocenters. The molecule has 2 aliphatic rings. The van der Waals surface area contributed by atoms with E-state index in [9.17, 15) is 35.9 Å². The van der Waals surface area contributed by atoms with Crippen LogP contribution in [0.2, 0.25) is 0 Å². The number of carbonyl (C=O) groups is 2. The predicted octanol–water partition coefficient (Wildman–Crippen LogP) is 4.17. The minimum Gasteiger partial charge on any atom is -0.439 e. The van der Waals surface area contributed by atoms with Crippen molar-refractivity contribution in [2.24, 2.45) is 12.8 Å². The first-order valence-electron chi connectivity index (χ1n) is 11.7. The molecule has 0 unspecified atom stereocenters. The van der Waals surface area contributed by atoms with Crippen LogP contribution in [0.3, 0.4) is 0 Å². The van der Waals surface area contributed by atoms with Gasteiger partial charge in [-0.25, -0.2) is 8.78 Å². The highest BCUT2D eigenvalue weighted by Gasteiger charge is 2.58. The molecule has 1 amide bonds. The van der Waals surface area contributed by atoms with Crippen LogP contribution in [0.15, 0.2) is 36.4 Å². The highest BCUT2D eigenvalue weighted by molar-refractivity contribution is 6.11. The molecule has 1 saturated carbocycles. The number of hydrogen-bond acceptors (Lipinski definition) is 6. The molecule has 1 aliphatic carbocycles. The number of benzene rings is 2. The molecule has 8 nitrogen and oxygen atoms in total. The SMILES string of the molecule is Cn1c(F)nnc1CC1(c2cccc(N3C(=O)c4cc(CN)cc(C(F)(F)F)c4[C@@H]3OC=O)c2)CC(F)(F)C1. The van der Waals surface area contributed by atoms with Crippen molar-refractivity contribution >= 4 is 18.1 Å². The second-order valence-electron chi connectivity index (χ2n) is 9.73. The molecule has 39 heavy (non-hydrogen) atoms. The van der Waals surface area contributed by atoms with E-state index in [2.05, 4.69) is 10.2 Å². The van der Waals surface area contributed by atoms with Gasteiger partial charge in [-0.05, 0) is 35.4 Å². The number of carbonyl (C=O) groups excluding carboxylic acids is 2. The summed E-state index contributed by atoms with van der Waals surface area (Å²) in [6.07, 6.45) is -8.90. The predicted molar refractivity (Wildman–Crippen MR) is 123 cm³/mol. The van der Waals surface area contributed by atoms with Crippen molar-refractivity contribution in [3.63, 3.8) is 0 Å². The molecular formula is C25H21F6N5O3. The third-order valence-electron chi connectivity index (χ3n) is 7.24. The van der Waals surface area contributed by atoms with Gasteiger partial charge >= 0.3 is 12.3 Å². The van der Waals surface area contributed by atoms with Crippen LogP contribution in [0.1, 0.15) is 57.5 Å². The molecule has 206 valence electrons. The average Bonchev–Trinajstić information content (AvgIpc) is 3.32. The Kier molecular flexibility index (Phi) is 6.20. The van der Waals surface area contributed by atoms with E-state index in [0.29, 0.717) is 5.56 Å². The largest absolute Gasteiger partial charge is 0.439 e. The van der Waals surface area contributed by atoms with Gasteiger partial charge < -0.3 is 10.5 Å². The number of rotatable bonds is 7. The summed E-state index contributed by atoms with van der Waals surface area (Å²) in [4.78, 5) is 25.7. The van der Waals surface area contributed by atoms with E-state index < -0.39 is 59.7 Å². The summed E-state index contributed by atoms with van der Waals surface area (Å²) in [5, 5.41) is 7.06. The maximum absolute atomic E-state index is 14.2. The molecule has 0 spiro atoms. The quantitative estimate of drug-likeness (QED) is 0.348. The van der Waals surface area contributed by atoms with Crippen LogP contribution >= 0.6 is 0 Å². The number of halogens is 6. The Morgan fingerprint density at radius 1 is 1.18 bits per heavy atom. The minimum atomic E-state index is -4.90. The van der Waals surface area contributed by atoms with Crippen LogP contribution in [0.4, 0.5) is 32.0 Å². The Morgan fingerprint density at radius 2 is 1.90 bits per heavy atom. The second kappa shape index (κ2) is 9.07. The van der Waals surface area contributed by atoms with E-state index in [1.807, 2.05) is 0 Å². The Balaban J connectivity index is 1.60. The van der Waals surface area contributed by atoms with E-state index in [1.54, 1.807) is 0 Å². The Labute approximate surface area is 217 Å². The fourth-order valence-electron chi connectivity index (χ4n) is 5.46. The lowest BCUT2D eigenvalue weighted by atomic mass is 9.60. The van der Waals surface area contributed by atoms with Crippen molar-refractivity contribution in [1.82, 2.24) is 14.8 Å². The van der Waals surface area contributed by atoms with Crippen molar-refractivity contribution in [3.8, 4) is 0 Å². The maximum atomic E-state index is 14.2. The Morgan fingerprint density at radius 3 is 2.46 bits per heavy atom. The van der Waals surface area contributed by atoms with Gasteiger partial charge in [0.05, 0.1) is 5.56 Å². The molecule has 5 rings (SSSR count). The monoisotopic (exact) mass is 553 g/mol. The van der Waals surface area contributed by atoms with E-state index in [0.717, 1.165) is 15.5 Å². The van der Waals surface area contributed by atoms with Crippen LogP contribution in [-0.2, 0) is 41.1 Å². The minimum absolute atomic E-state index is 0.0155. The van der Waals surface area contributed by atoms with E-state index in [4.69, 9.17) is 10.5 Å². The zero-order valence-electron chi connectivity index (χ0n) is 20.3. The van der Waals surface area contributed by atoms with Crippen LogP contribution in [0.25, 0.3) is 0 Å². The zero-order valence-corrected chi connectivity index (χ0v) is 20.3. The standard InChI is InChI=1S/C25H21F6N5O3/c1-35-18(33-34-22(35)26)8-23(10-24(27,28)11-23)14-3-2-4-15(7-14)36-20(38)16-5-13(9-32)6-17(25(29,30)31)19(16)21(36)39-12-37/h2-7,12,21H,8-11,32H2,1H3/t21-/m0/s1. The van der Waals surface area contributed by atoms with Gasteiger partial charge in [0.15, 0.2) is 0 Å². The van der Waals surface area contributed by atoms with E-state index in [-0.39, 0.29) is 42.1 Å². The van der Waals surface area contributed by atoms with Gasteiger partial charge in [-0.3, -0.25) is 19.1 Å². The zero-order chi connectivity index (χ0) is 28.3. The number of fused-ring (bicyclic) bond motifs is 1. The van der Waals surface area contributed by atoms with Crippen LogP contribution < -0.4 is 10.6 Å². The summed E-state index contributed by atoms with van der Waals surface area (Å²) in [5.41, 5.74) is 2.62. The van der Waals surface area contributed by atoms with Gasteiger partial charge in [-0.1, -0.05) is 17.2 Å². The lowest BCUT2D eigenvalue weighted by Crippen LogP contribution is -2.51. The van der Waals surface area contributed by atoms with E-state index >= 15 is 0 Å². The van der Waals surface area contributed by atoms with Crippen molar-refractivity contribution in [2.45, 2.75) is 49.5 Å². The van der Waals surface area contributed by atoms with Crippen molar-refractivity contribution < 1.29 is 40.7 Å². The molecule has 1 aromatic heterocycles. The topological polar surface area (TPSA) is 103 Å². The normalized spacial score (nSPS) is 19.5. The fourth-order valence-corrected chi connectivity index (χ4v) is 5.46. The van der Waals surface area contributed by atoms with Gasteiger partial charge in [-0.15, -0.1) is 5.10 Å². The van der Waals surface area contributed by atoms with Gasteiger partial charge in [-0.2, -0.15) is 17.6 Å². The first kappa shape index (κ1) is 26.7. The molecule has 14 heteroatoms. The van der Waals surface area contributed by atoms with Gasteiger partial charge in [0.1, 0.15) is 5.82 Å². The smallest absolute Gasteiger partial charge is 0.416 e. The highest BCUT2D eigenvalue weighted by atomic mass is 19.4. The second-order valence-corrected chi connectivity index (χ2v) is 9.73. The fraction of sp³-hybridized carbons (Fsp3) is 0.360. The van der Waals surface area contributed by atoms with Gasteiger partial charge in [0.25, 0.3) is 12.4 Å². The average molecular weight is 553 g/mol. The third-order valence-corrected chi connectivity index (χ3v) is 7.24. The summed E-state index contributed by atoms with van der Waals surface area (Å²) in [6.45, 7) is -0.352. The number of nitrogens with zero attached hydrogens (tertiary/aromatic N) is 4.